The number of benzene rings is 1. The van der Waals surface area contributed by atoms with Crippen LogP contribution in [-0.4, -0.2) is 52.6 Å². The third kappa shape index (κ3) is 5.07. The fraction of sp³-hybridized carbons (Fsp3) is 0.421. The van der Waals surface area contributed by atoms with E-state index in [2.05, 4.69) is 10.4 Å². The highest BCUT2D eigenvalue weighted by molar-refractivity contribution is 5.98. The summed E-state index contributed by atoms with van der Waals surface area (Å²) >= 11 is 0. The van der Waals surface area contributed by atoms with Gasteiger partial charge in [-0.3, -0.25) is 4.79 Å². The summed E-state index contributed by atoms with van der Waals surface area (Å²) in [5.74, 6) is -1.32. The molecule has 2 aromatic rings. The Hall–Kier alpha value is -2.87. The molecule has 1 amide bonds. The predicted molar refractivity (Wildman–Crippen MR) is 99.3 cm³/mol. The van der Waals surface area contributed by atoms with E-state index in [0.717, 1.165) is 5.69 Å². The number of carboxylic acid groups (broad SMARTS) is 1. The van der Waals surface area contributed by atoms with Crippen LogP contribution < -0.4 is 10.1 Å². The van der Waals surface area contributed by atoms with Gasteiger partial charge in [0.1, 0.15) is 0 Å². The van der Waals surface area contributed by atoms with Gasteiger partial charge < -0.3 is 19.9 Å². The van der Waals surface area contributed by atoms with Crippen LogP contribution in [0.3, 0.4) is 0 Å². The van der Waals surface area contributed by atoms with Gasteiger partial charge in [-0.2, -0.15) is 5.10 Å². The zero-order valence-electron chi connectivity index (χ0n) is 15.9. The van der Waals surface area contributed by atoms with Crippen LogP contribution in [0.2, 0.25) is 0 Å². The maximum atomic E-state index is 12.8. The molecule has 0 fully saturated rings. The molecule has 0 spiro atoms. The Labute approximate surface area is 158 Å². The van der Waals surface area contributed by atoms with Crippen LogP contribution >= 0.6 is 0 Å². The molecule has 0 aliphatic heterocycles. The Bertz CT molecular complexity index is 788. The first-order valence-corrected chi connectivity index (χ1v) is 8.59. The highest BCUT2D eigenvalue weighted by Gasteiger charge is 2.36. The molecule has 1 unspecified atom stereocenters. The highest BCUT2D eigenvalue weighted by atomic mass is 16.5. The van der Waals surface area contributed by atoms with Crippen molar-refractivity contribution < 1.29 is 24.2 Å². The average molecular weight is 375 g/mol. The number of aliphatic carboxylic acids is 1. The zero-order valence-corrected chi connectivity index (χ0v) is 15.9. The Morgan fingerprint density at radius 2 is 1.96 bits per heavy atom. The third-order valence-electron chi connectivity index (χ3n) is 3.78. The van der Waals surface area contributed by atoms with Crippen molar-refractivity contribution in [3.8, 4) is 11.4 Å². The van der Waals surface area contributed by atoms with E-state index in [4.69, 9.17) is 9.47 Å². The van der Waals surface area contributed by atoms with Gasteiger partial charge in [-0.1, -0.05) is 32.0 Å². The van der Waals surface area contributed by atoms with Crippen molar-refractivity contribution in [1.29, 1.82) is 0 Å². The number of para-hydroxylation sites is 1. The lowest BCUT2D eigenvalue weighted by molar-refractivity contribution is -0.145. The third-order valence-corrected chi connectivity index (χ3v) is 3.78. The molecule has 2 rings (SSSR count). The molecular formula is C19H25N3O5. The standard InChI is InChI=1S/C19H25N3O5/c1-13(2)11-27-15-10-22(14-8-6-5-7-9-14)21-16(15)17(23)20-19(3,12-26-4)18(24)25/h5-10,13H,11-12H2,1-4H3,(H,20,23)(H,24,25). The van der Waals surface area contributed by atoms with Crippen LogP contribution in [0.15, 0.2) is 36.5 Å². The normalized spacial score (nSPS) is 13.2. The lowest BCUT2D eigenvalue weighted by Gasteiger charge is -2.24. The second-order valence-electron chi connectivity index (χ2n) is 6.85. The van der Waals surface area contributed by atoms with Crippen LogP contribution in [0.1, 0.15) is 31.3 Å². The molecule has 1 heterocycles. The molecule has 1 aromatic heterocycles. The summed E-state index contributed by atoms with van der Waals surface area (Å²) in [6.07, 6.45) is 1.61. The summed E-state index contributed by atoms with van der Waals surface area (Å²) in [5, 5.41) is 16.2. The number of hydrogen-bond acceptors (Lipinski definition) is 5. The monoisotopic (exact) mass is 375 g/mol. The first kappa shape index (κ1) is 20.4. The van der Waals surface area contributed by atoms with Gasteiger partial charge in [-0.05, 0) is 25.0 Å². The molecule has 27 heavy (non-hydrogen) atoms. The maximum absolute atomic E-state index is 12.8. The minimum Gasteiger partial charge on any atom is -0.489 e. The number of amides is 1. The zero-order chi connectivity index (χ0) is 20.0. The fourth-order valence-electron chi connectivity index (χ4n) is 2.34. The van der Waals surface area contributed by atoms with Gasteiger partial charge in [-0.25, -0.2) is 9.48 Å². The summed E-state index contributed by atoms with van der Waals surface area (Å²) in [5.41, 5.74) is -0.815. The predicted octanol–water partition coefficient (Wildman–Crippen LogP) is 2.13. The van der Waals surface area contributed by atoms with Gasteiger partial charge in [0.25, 0.3) is 5.91 Å². The summed E-state index contributed by atoms with van der Waals surface area (Å²) < 4.78 is 12.2. The van der Waals surface area contributed by atoms with E-state index >= 15 is 0 Å². The summed E-state index contributed by atoms with van der Waals surface area (Å²) in [6, 6.07) is 9.26. The van der Waals surface area contributed by atoms with E-state index in [1.807, 2.05) is 44.2 Å². The van der Waals surface area contributed by atoms with Gasteiger partial charge >= 0.3 is 5.97 Å². The molecular weight excluding hydrogens is 350 g/mol. The van der Waals surface area contributed by atoms with E-state index in [1.165, 1.54) is 18.7 Å². The van der Waals surface area contributed by atoms with Gasteiger partial charge in [0.05, 0.1) is 25.1 Å². The molecule has 1 atom stereocenters. The number of nitrogens with one attached hydrogen (secondary N) is 1. The first-order chi connectivity index (χ1) is 12.8. The first-order valence-electron chi connectivity index (χ1n) is 8.59. The average Bonchev–Trinajstić information content (AvgIpc) is 3.05. The molecule has 1 aromatic carbocycles. The van der Waals surface area contributed by atoms with Crippen molar-refractivity contribution >= 4 is 11.9 Å². The number of carbonyl (C=O) groups excluding carboxylic acids is 1. The summed E-state index contributed by atoms with van der Waals surface area (Å²) in [6.45, 7) is 5.56. The molecule has 0 bridgehead atoms. The lowest BCUT2D eigenvalue weighted by atomic mass is 10.0. The second-order valence-corrected chi connectivity index (χ2v) is 6.85. The quantitative estimate of drug-likeness (QED) is 0.696. The number of nitrogens with zero attached hydrogens (tertiary/aromatic N) is 2. The Morgan fingerprint density at radius 1 is 1.30 bits per heavy atom. The topological polar surface area (TPSA) is 103 Å². The fourth-order valence-corrected chi connectivity index (χ4v) is 2.34. The molecule has 0 radical (unpaired) electrons. The van der Waals surface area contributed by atoms with Crippen molar-refractivity contribution in [3.05, 3.63) is 42.2 Å². The Morgan fingerprint density at radius 3 is 2.52 bits per heavy atom. The van der Waals surface area contributed by atoms with Crippen molar-refractivity contribution in [2.75, 3.05) is 20.3 Å². The molecule has 2 N–H and O–H groups in total. The molecule has 0 saturated carbocycles. The van der Waals surface area contributed by atoms with Gasteiger partial charge in [0, 0.05) is 7.11 Å². The number of carbonyl (C=O) groups is 2. The van der Waals surface area contributed by atoms with E-state index in [1.54, 1.807) is 6.20 Å². The number of aromatic nitrogens is 2. The van der Waals surface area contributed by atoms with Crippen molar-refractivity contribution in [2.24, 2.45) is 5.92 Å². The number of methoxy groups -OCH3 is 1. The maximum Gasteiger partial charge on any atom is 0.331 e. The van der Waals surface area contributed by atoms with E-state index in [0.29, 0.717) is 6.61 Å². The van der Waals surface area contributed by atoms with E-state index in [9.17, 15) is 14.7 Å². The molecule has 8 heteroatoms. The molecule has 0 aliphatic carbocycles. The SMILES string of the molecule is COCC(C)(NC(=O)c1nn(-c2ccccc2)cc1OCC(C)C)C(=O)O. The molecule has 8 nitrogen and oxygen atoms in total. The summed E-state index contributed by atoms with van der Waals surface area (Å²) in [7, 11) is 1.37. The largest absolute Gasteiger partial charge is 0.489 e. The number of carboxylic acids is 1. The van der Waals surface area contributed by atoms with Crippen LogP contribution in [0.4, 0.5) is 0 Å². The molecule has 0 saturated heterocycles. The molecule has 146 valence electrons. The number of rotatable bonds is 9. The van der Waals surface area contributed by atoms with Crippen molar-refractivity contribution in [3.63, 3.8) is 0 Å². The molecule has 0 aliphatic rings. The number of hydrogen-bond donors (Lipinski definition) is 2. The highest BCUT2D eigenvalue weighted by Crippen LogP contribution is 2.21. The number of ether oxygens (including phenoxy) is 2. The van der Waals surface area contributed by atoms with Crippen LogP contribution in [0.25, 0.3) is 5.69 Å². The second kappa shape index (κ2) is 8.68. The van der Waals surface area contributed by atoms with Crippen LogP contribution in [-0.2, 0) is 9.53 Å². The minimum absolute atomic E-state index is 0.0167. The Balaban J connectivity index is 2.36. The smallest absolute Gasteiger partial charge is 0.331 e. The van der Waals surface area contributed by atoms with Gasteiger partial charge in [0.15, 0.2) is 17.0 Å². The van der Waals surface area contributed by atoms with E-state index < -0.39 is 17.4 Å². The summed E-state index contributed by atoms with van der Waals surface area (Å²) in [4.78, 5) is 24.3. The lowest BCUT2D eigenvalue weighted by Crippen LogP contribution is -2.55. The van der Waals surface area contributed by atoms with Crippen LogP contribution in [0.5, 0.6) is 5.75 Å². The van der Waals surface area contributed by atoms with Crippen molar-refractivity contribution in [1.82, 2.24) is 15.1 Å². The van der Waals surface area contributed by atoms with Gasteiger partial charge in [-0.15, -0.1) is 0 Å². The van der Waals surface area contributed by atoms with Crippen molar-refractivity contribution in [2.45, 2.75) is 26.3 Å². The minimum atomic E-state index is -1.59. The van der Waals surface area contributed by atoms with E-state index in [-0.39, 0.29) is 24.0 Å². The van der Waals surface area contributed by atoms with Crippen LogP contribution in [0, 0.1) is 5.92 Å². The Kier molecular flexibility index (Phi) is 6.57. The van der Waals surface area contributed by atoms with Gasteiger partial charge in [0.2, 0.25) is 0 Å².